The van der Waals surface area contributed by atoms with E-state index in [-0.39, 0.29) is 30.0 Å². The number of carbonyl (C=O) groups is 2. The summed E-state index contributed by atoms with van der Waals surface area (Å²) in [4.78, 5) is 26.1. The molecule has 1 aliphatic rings. The zero-order valence-electron chi connectivity index (χ0n) is 15.4. The van der Waals surface area contributed by atoms with Crippen molar-refractivity contribution in [1.82, 2.24) is 15.5 Å². The predicted molar refractivity (Wildman–Crippen MR) is 95.4 cm³/mol. The minimum absolute atomic E-state index is 0.0551. The summed E-state index contributed by atoms with van der Waals surface area (Å²) in [6, 6.07) is 4.39. The predicted octanol–water partition coefficient (Wildman–Crippen LogP) is 2.84. The number of rotatable bonds is 5. The highest BCUT2D eigenvalue weighted by atomic mass is 19.1. The monoisotopic (exact) mass is 377 g/mol. The van der Waals surface area contributed by atoms with Gasteiger partial charge in [0.1, 0.15) is 5.82 Å². The van der Waals surface area contributed by atoms with Gasteiger partial charge in [-0.25, -0.2) is 9.87 Å². The van der Waals surface area contributed by atoms with Gasteiger partial charge >= 0.3 is 0 Å². The van der Waals surface area contributed by atoms with Crippen LogP contribution in [-0.2, 0) is 9.59 Å². The first-order valence-corrected chi connectivity index (χ1v) is 9.17. The Bertz CT molecular complexity index is 827. The van der Waals surface area contributed by atoms with Crippen LogP contribution in [0.25, 0.3) is 11.0 Å². The van der Waals surface area contributed by atoms with Gasteiger partial charge in [-0.2, -0.15) is 0 Å². The Labute approximate surface area is 156 Å². The second-order valence-corrected chi connectivity index (χ2v) is 7.39. The minimum atomic E-state index is -0.561. The molecule has 1 aromatic carbocycles. The third kappa shape index (κ3) is 4.10. The zero-order valence-corrected chi connectivity index (χ0v) is 15.4. The average molecular weight is 377 g/mol. The fraction of sp³-hybridized carbons (Fsp3) is 0.526. The molecule has 146 valence electrons. The third-order valence-corrected chi connectivity index (χ3v) is 5.34. The van der Waals surface area contributed by atoms with Crippen molar-refractivity contribution in [3.8, 4) is 0 Å². The number of hydrogen-bond acceptors (Lipinski definition) is 5. The molecule has 27 heavy (non-hydrogen) atoms. The fourth-order valence-electron chi connectivity index (χ4n) is 3.66. The van der Waals surface area contributed by atoms with E-state index in [1.165, 1.54) is 12.1 Å². The summed E-state index contributed by atoms with van der Waals surface area (Å²) in [5.74, 6) is -1.47. The number of piperidine rings is 1. The zero-order chi connectivity index (χ0) is 19.6. The minimum Gasteiger partial charge on any atom is -0.356 e. The molecule has 2 amide bonds. The molecule has 0 spiro atoms. The second-order valence-electron chi connectivity index (χ2n) is 7.39. The smallest absolute Gasteiger partial charge is 0.247 e. The molecular weight excluding hydrogens is 353 g/mol. The summed E-state index contributed by atoms with van der Waals surface area (Å²) in [6.45, 7) is 4.81. The van der Waals surface area contributed by atoms with Crippen molar-refractivity contribution < 1.29 is 23.7 Å². The number of amides is 2. The fourth-order valence-corrected chi connectivity index (χ4v) is 3.66. The molecule has 0 bridgehead atoms. The normalized spacial score (nSPS) is 16.7. The molecule has 0 aliphatic carbocycles. The molecule has 0 saturated carbocycles. The SMILES string of the molecule is CC(C)C(CC(=O)N1CCC(c2noc3cc(F)ccc23)CC1)C(=O)NO. The van der Waals surface area contributed by atoms with Gasteiger partial charge in [-0.05, 0) is 30.9 Å². The van der Waals surface area contributed by atoms with Crippen molar-refractivity contribution in [2.24, 2.45) is 11.8 Å². The van der Waals surface area contributed by atoms with Crippen molar-refractivity contribution in [2.75, 3.05) is 13.1 Å². The van der Waals surface area contributed by atoms with E-state index in [0.29, 0.717) is 18.7 Å². The first kappa shape index (κ1) is 19.3. The Morgan fingerprint density at radius 1 is 1.37 bits per heavy atom. The summed E-state index contributed by atoms with van der Waals surface area (Å²) in [7, 11) is 0. The number of nitrogens with one attached hydrogen (secondary N) is 1. The van der Waals surface area contributed by atoms with E-state index in [2.05, 4.69) is 5.16 Å². The maximum Gasteiger partial charge on any atom is 0.247 e. The number of nitrogens with zero attached hydrogens (tertiary/aromatic N) is 2. The third-order valence-electron chi connectivity index (χ3n) is 5.34. The molecule has 2 N–H and O–H groups in total. The van der Waals surface area contributed by atoms with Crippen LogP contribution in [0.4, 0.5) is 4.39 Å². The highest BCUT2D eigenvalue weighted by Crippen LogP contribution is 2.33. The van der Waals surface area contributed by atoms with Gasteiger partial charge in [0.05, 0.1) is 11.6 Å². The maximum absolute atomic E-state index is 13.3. The molecule has 1 aromatic heterocycles. The van der Waals surface area contributed by atoms with Crippen LogP contribution in [0.3, 0.4) is 0 Å². The van der Waals surface area contributed by atoms with Crippen molar-refractivity contribution >= 4 is 22.8 Å². The molecule has 3 rings (SSSR count). The lowest BCUT2D eigenvalue weighted by Gasteiger charge is -2.32. The van der Waals surface area contributed by atoms with Crippen LogP contribution >= 0.6 is 0 Å². The van der Waals surface area contributed by atoms with E-state index >= 15 is 0 Å². The van der Waals surface area contributed by atoms with Crippen LogP contribution in [0.2, 0.25) is 0 Å². The summed E-state index contributed by atoms with van der Waals surface area (Å²) in [6.07, 6.45) is 1.52. The number of fused-ring (bicyclic) bond motifs is 1. The van der Waals surface area contributed by atoms with Gasteiger partial charge in [-0.3, -0.25) is 14.8 Å². The lowest BCUT2D eigenvalue weighted by atomic mass is 9.89. The number of hydrogen-bond donors (Lipinski definition) is 2. The van der Waals surface area contributed by atoms with Crippen LogP contribution < -0.4 is 5.48 Å². The Kier molecular flexibility index (Phi) is 5.74. The first-order chi connectivity index (χ1) is 12.9. The van der Waals surface area contributed by atoms with Crippen LogP contribution in [0.15, 0.2) is 22.7 Å². The van der Waals surface area contributed by atoms with Crippen molar-refractivity contribution in [2.45, 2.75) is 39.0 Å². The standard InChI is InChI=1S/C19H24FN3O4/c1-11(2)15(19(25)21-26)10-17(24)23-7-5-12(6-8-23)18-14-4-3-13(20)9-16(14)27-22-18/h3-4,9,11-12,15,26H,5-8,10H2,1-2H3,(H,21,25). The highest BCUT2D eigenvalue weighted by Gasteiger charge is 2.31. The molecule has 8 heteroatoms. The summed E-state index contributed by atoms with van der Waals surface area (Å²) in [5.41, 5.74) is 2.88. The number of hydroxylamine groups is 1. The molecule has 2 aromatic rings. The van der Waals surface area contributed by atoms with Crippen LogP contribution in [-0.4, -0.2) is 40.2 Å². The summed E-state index contributed by atoms with van der Waals surface area (Å²) >= 11 is 0. The molecule has 1 unspecified atom stereocenters. The van der Waals surface area contributed by atoms with E-state index < -0.39 is 11.8 Å². The largest absolute Gasteiger partial charge is 0.356 e. The van der Waals surface area contributed by atoms with Gasteiger partial charge in [-0.1, -0.05) is 19.0 Å². The van der Waals surface area contributed by atoms with E-state index in [1.54, 1.807) is 16.4 Å². The lowest BCUT2D eigenvalue weighted by Crippen LogP contribution is -2.41. The Balaban J connectivity index is 1.62. The molecule has 2 heterocycles. The average Bonchev–Trinajstić information content (AvgIpc) is 3.08. The number of aromatic nitrogens is 1. The second kappa shape index (κ2) is 8.04. The Morgan fingerprint density at radius 2 is 2.07 bits per heavy atom. The number of halogens is 1. The quantitative estimate of drug-likeness (QED) is 0.617. The highest BCUT2D eigenvalue weighted by molar-refractivity contribution is 5.85. The van der Waals surface area contributed by atoms with Crippen molar-refractivity contribution in [3.63, 3.8) is 0 Å². The summed E-state index contributed by atoms with van der Waals surface area (Å²) in [5, 5.41) is 13.8. The van der Waals surface area contributed by atoms with E-state index in [9.17, 15) is 14.0 Å². The van der Waals surface area contributed by atoms with Crippen molar-refractivity contribution in [3.05, 3.63) is 29.7 Å². The number of benzene rings is 1. The van der Waals surface area contributed by atoms with E-state index in [0.717, 1.165) is 23.9 Å². The molecule has 7 nitrogen and oxygen atoms in total. The van der Waals surface area contributed by atoms with Crippen molar-refractivity contribution in [1.29, 1.82) is 0 Å². The summed E-state index contributed by atoms with van der Waals surface area (Å²) < 4.78 is 18.5. The van der Waals surface area contributed by atoms with Gasteiger partial charge in [0.15, 0.2) is 5.58 Å². The number of carbonyl (C=O) groups excluding carboxylic acids is 2. The van der Waals surface area contributed by atoms with E-state index in [1.807, 2.05) is 13.8 Å². The van der Waals surface area contributed by atoms with Gasteiger partial charge < -0.3 is 9.42 Å². The molecule has 1 aliphatic heterocycles. The van der Waals surface area contributed by atoms with Gasteiger partial charge in [0.2, 0.25) is 11.8 Å². The lowest BCUT2D eigenvalue weighted by molar-refractivity contribution is -0.141. The Hall–Kier alpha value is -2.48. The maximum atomic E-state index is 13.3. The molecule has 0 radical (unpaired) electrons. The van der Waals surface area contributed by atoms with Gasteiger partial charge in [0, 0.05) is 36.9 Å². The van der Waals surface area contributed by atoms with Gasteiger partial charge in [-0.15, -0.1) is 0 Å². The van der Waals surface area contributed by atoms with Crippen LogP contribution in [0.5, 0.6) is 0 Å². The topological polar surface area (TPSA) is 95.7 Å². The van der Waals surface area contributed by atoms with Crippen LogP contribution in [0.1, 0.15) is 44.7 Å². The van der Waals surface area contributed by atoms with E-state index in [4.69, 9.17) is 9.73 Å². The molecular formula is C19H24FN3O4. The first-order valence-electron chi connectivity index (χ1n) is 9.17. The molecule has 1 saturated heterocycles. The molecule has 1 fully saturated rings. The van der Waals surface area contributed by atoms with Crippen LogP contribution in [0, 0.1) is 17.7 Å². The van der Waals surface area contributed by atoms with Gasteiger partial charge in [0.25, 0.3) is 0 Å². The number of likely N-dealkylation sites (tertiary alicyclic amines) is 1. The Morgan fingerprint density at radius 3 is 2.70 bits per heavy atom. The molecule has 1 atom stereocenters.